The molecule has 0 radical (unpaired) electrons. The highest BCUT2D eigenvalue weighted by Gasteiger charge is 2.23. The summed E-state index contributed by atoms with van der Waals surface area (Å²) in [6.07, 6.45) is 2.27. The fourth-order valence-electron chi connectivity index (χ4n) is 5.20. The van der Waals surface area contributed by atoms with Crippen molar-refractivity contribution in [2.75, 3.05) is 36.5 Å². The van der Waals surface area contributed by atoms with Gasteiger partial charge in [-0.25, -0.2) is 9.37 Å². The van der Waals surface area contributed by atoms with Crippen LogP contribution in [0.2, 0.25) is 10.0 Å². The fourth-order valence-corrected chi connectivity index (χ4v) is 5.60. The van der Waals surface area contributed by atoms with E-state index >= 15 is 4.39 Å². The minimum absolute atomic E-state index is 0.0964. The van der Waals surface area contributed by atoms with Crippen molar-refractivity contribution < 1.29 is 28.2 Å². The summed E-state index contributed by atoms with van der Waals surface area (Å²) in [7, 11) is 0. The van der Waals surface area contributed by atoms with Crippen LogP contribution in [0.1, 0.15) is 72.4 Å². The maximum atomic E-state index is 15.2. The van der Waals surface area contributed by atoms with E-state index < -0.39 is 40.4 Å². The number of aromatic amines is 1. The molecule has 2 aromatic carbocycles. The highest BCUT2D eigenvalue weighted by molar-refractivity contribution is 6.34. The van der Waals surface area contributed by atoms with Crippen LogP contribution in [0.5, 0.6) is 0 Å². The monoisotopic (exact) mass is 712 g/mol. The number of morpholine rings is 1. The van der Waals surface area contributed by atoms with Gasteiger partial charge in [0.25, 0.3) is 17.4 Å². The van der Waals surface area contributed by atoms with Crippen LogP contribution >= 0.6 is 23.2 Å². The molecule has 1 unspecified atom stereocenters. The lowest BCUT2D eigenvalue weighted by molar-refractivity contribution is -0.154. The average molecular weight is 714 g/mol. The number of amides is 2. The Hall–Kier alpha value is -4.59. The number of hydrogen-bond donors (Lipinski definition) is 3. The molecule has 2 aromatic heterocycles. The molecule has 1 atom stereocenters. The molecule has 49 heavy (non-hydrogen) atoms. The van der Waals surface area contributed by atoms with Crippen molar-refractivity contribution in [3.05, 3.63) is 91.6 Å². The lowest BCUT2D eigenvalue weighted by Gasteiger charge is -2.26. The largest absolute Gasteiger partial charge is 0.460 e. The number of H-pyrrole nitrogens is 1. The molecule has 1 fully saturated rings. The van der Waals surface area contributed by atoms with E-state index in [2.05, 4.69) is 25.6 Å². The van der Waals surface area contributed by atoms with Crippen LogP contribution in [0.4, 0.5) is 16.0 Å². The zero-order valence-corrected chi connectivity index (χ0v) is 28.6. The summed E-state index contributed by atoms with van der Waals surface area (Å²) >= 11 is 12.5. The van der Waals surface area contributed by atoms with Gasteiger partial charge in [0.1, 0.15) is 22.6 Å². The fraction of sp³-hybridized carbons (Fsp3) is 0.353. The molecular formula is C34H35Cl2FN6O6. The van der Waals surface area contributed by atoms with Crippen molar-refractivity contribution in [2.24, 2.45) is 0 Å². The van der Waals surface area contributed by atoms with Crippen molar-refractivity contribution in [1.82, 2.24) is 20.3 Å². The van der Waals surface area contributed by atoms with Gasteiger partial charge in [0.15, 0.2) is 0 Å². The number of esters is 1. The second-order valence-electron chi connectivity index (χ2n) is 12.4. The van der Waals surface area contributed by atoms with Crippen molar-refractivity contribution in [1.29, 1.82) is 0 Å². The standard InChI is InChI=1S/C34H35Cl2FN6O6/c1-34(2,3)49-28(44)9-5-8-26(19-6-4-7-21(35)14-19)39-30(45)22-16-27(24(36)17-25(22)37)40-31(46)23-15-20-18-38-33(42-29(20)41-32(23)47)43-10-12-48-13-11-43/h4,6-7,14-18,26H,5,8-13H2,1-3H3,(H,39,45)(H,40,46)(H,38,41,42,47). The van der Waals surface area contributed by atoms with Crippen molar-refractivity contribution in [2.45, 2.75) is 51.7 Å². The summed E-state index contributed by atoms with van der Waals surface area (Å²) in [6, 6.07) is 9.49. The Labute approximate surface area is 291 Å². The number of benzene rings is 2. The first-order valence-corrected chi connectivity index (χ1v) is 16.3. The SMILES string of the molecule is CC(C)(C)OC(=O)CCCC(NC(=O)c1cc(NC(=O)c2cc3cnc(N4CCOCC4)nc3[nH]c2=O)c(Cl)cc1F)c1cccc(Cl)c1. The van der Waals surface area contributed by atoms with E-state index in [1.165, 1.54) is 12.3 Å². The predicted molar refractivity (Wildman–Crippen MR) is 184 cm³/mol. The number of aromatic nitrogens is 3. The molecule has 1 aliphatic rings. The Morgan fingerprint density at radius 3 is 2.55 bits per heavy atom. The third-order valence-electron chi connectivity index (χ3n) is 7.52. The minimum Gasteiger partial charge on any atom is -0.460 e. The number of ether oxygens (including phenoxy) is 2. The number of nitrogens with zero attached hydrogens (tertiary/aromatic N) is 3. The molecule has 2 amide bonds. The number of carbonyl (C=O) groups is 3. The minimum atomic E-state index is -0.934. The number of hydrogen-bond acceptors (Lipinski definition) is 9. The van der Waals surface area contributed by atoms with E-state index in [0.29, 0.717) is 61.1 Å². The topological polar surface area (TPSA) is 156 Å². The molecule has 0 saturated carbocycles. The number of pyridine rings is 1. The first kappa shape index (κ1) is 35.7. The van der Waals surface area contributed by atoms with E-state index in [0.717, 1.165) is 12.1 Å². The average Bonchev–Trinajstić information content (AvgIpc) is 3.04. The third kappa shape index (κ3) is 9.31. The van der Waals surface area contributed by atoms with Gasteiger partial charge in [0.05, 0.1) is 35.5 Å². The summed E-state index contributed by atoms with van der Waals surface area (Å²) in [5.41, 5.74) is -1.24. The van der Waals surface area contributed by atoms with E-state index in [1.807, 2.05) is 4.90 Å². The maximum absolute atomic E-state index is 15.2. The molecule has 3 N–H and O–H groups in total. The van der Waals surface area contributed by atoms with Crippen LogP contribution in [-0.2, 0) is 14.3 Å². The highest BCUT2D eigenvalue weighted by atomic mass is 35.5. The molecule has 0 aliphatic carbocycles. The lowest BCUT2D eigenvalue weighted by atomic mass is 10.00. The molecule has 3 heterocycles. The molecule has 0 spiro atoms. The molecule has 258 valence electrons. The highest BCUT2D eigenvalue weighted by Crippen LogP contribution is 2.28. The van der Waals surface area contributed by atoms with Gasteiger partial charge in [-0.2, -0.15) is 4.98 Å². The first-order chi connectivity index (χ1) is 23.3. The van der Waals surface area contributed by atoms with E-state index in [-0.39, 0.29) is 34.3 Å². The number of carbonyl (C=O) groups excluding carboxylic acids is 3. The zero-order chi connectivity index (χ0) is 35.3. The van der Waals surface area contributed by atoms with Crippen molar-refractivity contribution in [3.8, 4) is 0 Å². The van der Waals surface area contributed by atoms with Gasteiger partial charge in [-0.3, -0.25) is 19.2 Å². The molecule has 1 aliphatic heterocycles. The lowest BCUT2D eigenvalue weighted by Crippen LogP contribution is -2.37. The predicted octanol–water partition coefficient (Wildman–Crippen LogP) is 5.84. The summed E-state index contributed by atoms with van der Waals surface area (Å²) in [6.45, 7) is 7.58. The molecular weight excluding hydrogens is 678 g/mol. The van der Waals surface area contributed by atoms with E-state index in [4.69, 9.17) is 32.7 Å². The molecule has 15 heteroatoms. The van der Waals surface area contributed by atoms with Gasteiger partial charge in [-0.15, -0.1) is 0 Å². The van der Waals surface area contributed by atoms with Crippen LogP contribution in [0.15, 0.2) is 53.5 Å². The quantitative estimate of drug-likeness (QED) is 0.172. The molecule has 5 rings (SSSR count). The Morgan fingerprint density at radius 2 is 1.84 bits per heavy atom. The summed E-state index contributed by atoms with van der Waals surface area (Å²) < 4.78 is 25.9. The summed E-state index contributed by atoms with van der Waals surface area (Å²) in [4.78, 5) is 65.3. The van der Waals surface area contributed by atoms with Gasteiger partial charge < -0.3 is 30.0 Å². The van der Waals surface area contributed by atoms with E-state index in [9.17, 15) is 19.2 Å². The zero-order valence-electron chi connectivity index (χ0n) is 27.1. The van der Waals surface area contributed by atoms with Crippen LogP contribution in [0.25, 0.3) is 11.0 Å². The van der Waals surface area contributed by atoms with Gasteiger partial charge in [0, 0.05) is 36.1 Å². The van der Waals surface area contributed by atoms with Gasteiger partial charge in [0.2, 0.25) is 5.95 Å². The number of rotatable bonds is 10. The van der Waals surface area contributed by atoms with Crippen LogP contribution in [0, 0.1) is 5.82 Å². The molecule has 1 saturated heterocycles. The van der Waals surface area contributed by atoms with Gasteiger partial charge in [-0.1, -0.05) is 35.3 Å². The number of halogens is 3. The summed E-state index contributed by atoms with van der Waals surface area (Å²) in [5.74, 6) is -2.55. The normalized spacial score (nSPS) is 14.0. The molecule has 0 bridgehead atoms. The van der Waals surface area contributed by atoms with Crippen LogP contribution < -0.4 is 21.1 Å². The Kier molecular flexibility index (Phi) is 11.2. The number of nitrogens with one attached hydrogen (secondary N) is 3. The Morgan fingerprint density at radius 1 is 1.08 bits per heavy atom. The Balaban J connectivity index is 1.33. The van der Waals surface area contributed by atoms with E-state index in [1.54, 1.807) is 45.0 Å². The smallest absolute Gasteiger partial charge is 0.306 e. The second kappa shape index (κ2) is 15.3. The van der Waals surface area contributed by atoms with Crippen LogP contribution in [0.3, 0.4) is 0 Å². The molecule has 12 nitrogen and oxygen atoms in total. The Bertz CT molecular complexity index is 1940. The third-order valence-corrected chi connectivity index (χ3v) is 8.07. The van der Waals surface area contributed by atoms with Gasteiger partial charge in [-0.05, 0) is 69.5 Å². The number of anilines is 2. The first-order valence-electron chi connectivity index (χ1n) is 15.6. The van der Waals surface area contributed by atoms with Crippen molar-refractivity contribution >= 4 is 63.7 Å². The van der Waals surface area contributed by atoms with Crippen LogP contribution in [-0.4, -0.2) is 64.6 Å². The molecule has 4 aromatic rings. The maximum Gasteiger partial charge on any atom is 0.306 e. The van der Waals surface area contributed by atoms with Gasteiger partial charge >= 0.3 is 5.97 Å². The summed E-state index contributed by atoms with van der Waals surface area (Å²) in [5, 5.41) is 5.96. The van der Waals surface area contributed by atoms with Crippen molar-refractivity contribution in [3.63, 3.8) is 0 Å². The second-order valence-corrected chi connectivity index (χ2v) is 13.3. The number of fused-ring (bicyclic) bond motifs is 1.